The molecule has 1 aromatic rings. The molecule has 68 valence electrons. The topological polar surface area (TPSA) is 43.1 Å². The van der Waals surface area contributed by atoms with Gasteiger partial charge in [-0.25, -0.2) is 0 Å². The Balaban J connectivity index is 2.65. The predicted octanol–water partition coefficient (Wildman–Crippen LogP) is 2.55. The Hall–Kier alpha value is -0.830. The highest BCUT2D eigenvalue weighted by Crippen LogP contribution is 2.32. The quantitative estimate of drug-likeness (QED) is 0.708. The summed E-state index contributed by atoms with van der Waals surface area (Å²) in [6.45, 7) is 0. The van der Waals surface area contributed by atoms with Gasteiger partial charge in [0.05, 0.1) is 4.47 Å². The lowest BCUT2D eigenvalue weighted by molar-refractivity contribution is 0.0972. The molecule has 0 heterocycles. The molecule has 0 amide bonds. The lowest BCUT2D eigenvalue weighted by Gasteiger charge is -2.16. The van der Waals surface area contributed by atoms with Crippen molar-refractivity contribution in [1.29, 1.82) is 0 Å². The predicted molar refractivity (Wildman–Crippen MR) is 55.8 cm³/mol. The Morgan fingerprint density at radius 3 is 2.85 bits per heavy atom. The van der Waals surface area contributed by atoms with Gasteiger partial charge in [0.2, 0.25) is 0 Å². The van der Waals surface area contributed by atoms with Crippen LogP contribution in [0.3, 0.4) is 0 Å². The number of ketones is 1. The number of hydrogen-bond acceptors (Lipinski definition) is 2. The third-order valence-electron chi connectivity index (χ3n) is 2.39. The van der Waals surface area contributed by atoms with E-state index >= 15 is 0 Å². The maximum Gasteiger partial charge on any atom is 0.164 e. The van der Waals surface area contributed by atoms with Crippen molar-refractivity contribution >= 4 is 27.4 Å². The highest BCUT2D eigenvalue weighted by molar-refractivity contribution is 9.10. The lowest BCUT2D eigenvalue weighted by Crippen LogP contribution is -2.12. The van der Waals surface area contributed by atoms with Crippen molar-refractivity contribution in [3.05, 3.63) is 27.7 Å². The Kier molecular flexibility index (Phi) is 2.12. The molecule has 3 heteroatoms. The zero-order valence-electron chi connectivity index (χ0n) is 7.14. The summed E-state index contributed by atoms with van der Waals surface area (Å²) in [5.41, 5.74) is 8.27. The van der Waals surface area contributed by atoms with E-state index in [1.165, 1.54) is 0 Å². The van der Waals surface area contributed by atoms with Gasteiger partial charge in [-0.2, -0.15) is 0 Å². The van der Waals surface area contributed by atoms with Gasteiger partial charge in [0.15, 0.2) is 5.78 Å². The number of anilines is 1. The van der Waals surface area contributed by atoms with Crippen LogP contribution in [0, 0.1) is 0 Å². The fraction of sp³-hybridized carbons (Fsp3) is 0.300. The number of benzene rings is 1. The number of Topliss-reactive ketones (excluding diaryl/α,β-unsaturated/α-hetero) is 1. The summed E-state index contributed by atoms with van der Waals surface area (Å²) in [6, 6.07) is 3.80. The van der Waals surface area contributed by atoms with Crippen molar-refractivity contribution in [3.63, 3.8) is 0 Å². The molecule has 0 fully saturated rings. The number of halogens is 1. The molecule has 2 nitrogen and oxygen atoms in total. The zero-order chi connectivity index (χ0) is 9.42. The van der Waals surface area contributed by atoms with E-state index in [4.69, 9.17) is 5.73 Å². The van der Waals surface area contributed by atoms with Crippen LogP contribution in [0.15, 0.2) is 16.6 Å². The van der Waals surface area contributed by atoms with Crippen molar-refractivity contribution in [3.8, 4) is 0 Å². The van der Waals surface area contributed by atoms with E-state index in [0.717, 1.165) is 28.4 Å². The summed E-state index contributed by atoms with van der Waals surface area (Å²) in [7, 11) is 0. The van der Waals surface area contributed by atoms with Crippen LogP contribution >= 0.6 is 15.9 Å². The second-order valence-corrected chi connectivity index (χ2v) is 4.07. The van der Waals surface area contributed by atoms with Crippen LogP contribution in [-0.2, 0) is 6.42 Å². The molecule has 13 heavy (non-hydrogen) atoms. The van der Waals surface area contributed by atoms with Gasteiger partial charge in [-0.15, -0.1) is 0 Å². The lowest BCUT2D eigenvalue weighted by atomic mass is 9.90. The number of nitrogen functional groups attached to an aromatic ring is 1. The van der Waals surface area contributed by atoms with Gasteiger partial charge < -0.3 is 5.73 Å². The maximum atomic E-state index is 11.6. The van der Waals surface area contributed by atoms with E-state index in [2.05, 4.69) is 15.9 Å². The van der Waals surface area contributed by atoms with Crippen LogP contribution in [0.5, 0.6) is 0 Å². The molecule has 0 saturated heterocycles. The van der Waals surface area contributed by atoms with Crippen LogP contribution in [0.1, 0.15) is 28.8 Å². The molecule has 0 saturated carbocycles. The van der Waals surface area contributed by atoms with Gasteiger partial charge in [0.1, 0.15) is 0 Å². The monoisotopic (exact) mass is 239 g/mol. The highest BCUT2D eigenvalue weighted by Gasteiger charge is 2.20. The van der Waals surface area contributed by atoms with Gasteiger partial charge in [-0.05, 0) is 40.4 Å². The molecule has 0 aliphatic heterocycles. The molecular formula is C10H10BrNO. The van der Waals surface area contributed by atoms with Gasteiger partial charge in [0.25, 0.3) is 0 Å². The van der Waals surface area contributed by atoms with Crippen LogP contribution in [0.4, 0.5) is 5.69 Å². The van der Waals surface area contributed by atoms with E-state index < -0.39 is 0 Å². The van der Waals surface area contributed by atoms with E-state index in [9.17, 15) is 4.79 Å². The molecule has 2 N–H and O–H groups in total. The first-order valence-corrected chi connectivity index (χ1v) is 5.09. The molecule has 0 spiro atoms. The van der Waals surface area contributed by atoms with Crippen LogP contribution < -0.4 is 5.73 Å². The molecule has 0 unspecified atom stereocenters. The van der Waals surface area contributed by atoms with Crippen molar-refractivity contribution in [2.75, 3.05) is 5.73 Å². The average molecular weight is 240 g/mol. The van der Waals surface area contributed by atoms with Crippen LogP contribution in [-0.4, -0.2) is 5.78 Å². The third-order valence-corrected chi connectivity index (χ3v) is 3.24. The molecule has 0 radical (unpaired) electrons. The third kappa shape index (κ3) is 1.37. The minimum absolute atomic E-state index is 0.209. The molecule has 0 atom stereocenters. The van der Waals surface area contributed by atoms with Crippen molar-refractivity contribution in [2.45, 2.75) is 19.3 Å². The first-order chi connectivity index (χ1) is 6.20. The fourth-order valence-electron chi connectivity index (χ4n) is 1.71. The smallest absolute Gasteiger partial charge is 0.164 e. The molecule has 2 rings (SSSR count). The molecule has 1 aromatic carbocycles. The number of fused-ring (bicyclic) bond motifs is 1. The average Bonchev–Trinajstić information content (AvgIpc) is 2.12. The Bertz CT molecular complexity index is 373. The van der Waals surface area contributed by atoms with Crippen molar-refractivity contribution < 1.29 is 4.79 Å². The van der Waals surface area contributed by atoms with E-state index in [1.54, 1.807) is 0 Å². The number of carbonyl (C=O) groups is 1. The largest absolute Gasteiger partial charge is 0.398 e. The summed E-state index contributed by atoms with van der Waals surface area (Å²) < 4.78 is 0.773. The summed E-state index contributed by atoms with van der Waals surface area (Å²) in [4.78, 5) is 11.6. The minimum Gasteiger partial charge on any atom is -0.398 e. The Labute approximate surface area is 85.3 Å². The molecule has 1 aliphatic carbocycles. The molecule has 1 aliphatic rings. The SMILES string of the molecule is Nc1ccc2c(c1Br)C(=O)CCC2. The van der Waals surface area contributed by atoms with Gasteiger partial charge >= 0.3 is 0 Å². The minimum atomic E-state index is 0.209. The normalized spacial score (nSPS) is 15.6. The number of aryl methyl sites for hydroxylation is 1. The van der Waals surface area contributed by atoms with Crippen molar-refractivity contribution in [1.82, 2.24) is 0 Å². The molecule has 0 bridgehead atoms. The molecular weight excluding hydrogens is 230 g/mol. The fourth-order valence-corrected chi connectivity index (χ4v) is 2.31. The van der Waals surface area contributed by atoms with E-state index in [0.29, 0.717) is 12.1 Å². The van der Waals surface area contributed by atoms with Crippen molar-refractivity contribution in [2.24, 2.45) is 0 Å². The van der Waals surface area contributed by atoms with Crippen LogP contribution in [0.2, 0.25) is 0 Å². The number of hydrogen-bond donors (Lipinski definition) is 1. The number of rotatable bonds is 0. The summed E-state index contributed by atoms with van der Waals surface area (Å²) in [5, 5.41) is 0. The van der Waals surface area contributed by atoms with Gasteiger partial charge in [-0.1, -0.05) is 6.07 Å². The summed E-state index contributed by atoms with van der Waals surface area (Å²) in [5.74, 6) is 0.209. The van der Waals surface area contributed by atoms with E-state index in [-0.39, 0.29) is 5.78 Å². The van der Waals surface area contributed by atoms with Gasteiger partial charge in [-0.3, -0.25) is 4.79 Å². The Morgan fingerprint density at radius 1 is 1.31 bits per heavy atom. The highest BCUT2D eigenvalue weighted by atomic mass is 79.9. The zero-order valence-corrected chi connectivity index (χ0v) is 8.73. The van der Waals surface area contributed by atoms with E-state index in [1.807, 2.05) is 12.1 Å². The number of carbonyl (C=O) groups excluding carboxylic acids is 1. The second-order valence-electron chi connectivity index (χ2n) is 3.28. The second kappa shape index (κ2) is 3.14. The maximum absolute atomic E-state index is 11.6. The van der Waals surface area contributed by atoms with Gasteiger partial charge in [0, 0.05) is 17.7 Å². The Morgan fingerprint density at radius 2 is 2.08 bits per heavy atom. The first kappa shape index (κ1) is 8.75. The number of nitrogens with two attached hydrogens (primary N) is 1. The molecule has 0 aromatic heterocycles. The summed E-state index contributed by atoms with van der Waals surface area (Å²) in [6.07, 6.45) is 2.59. The standard InChI is InChI=1S/C10H10BrNO/c11-10-7(12)5-4-6-2-1-3-8(13)9(6)10/h4-5H,1-3,12H2. The van der Waals surface area contributed by atoms with Crippen LogP contribution in [0.25, 0.3) is 0 Å². The summed E-state index contributed by atoms with van der Waals surface area (Å²) >= 11 is 3.36. The first-order valence-electron chi connectivity index (χ1n) is 4.30.